The number of benzene rings is 1. The minimum atomic E-state index is -0.275. The summed E-state index contributed by atoms with van der Waals surface area (Å²) in [6, 6.07) is 7.45. The lowest BCUT2D eigenvalue weighted by Crippen LogP contribution is -2.23. The molecular formula is C14H16BrN3O2. The minimum Gasteiger partial charge on any atom is -0.446 e. The van der Waals surface area contributed by atoms with Crippen LogP contribution in [0.4, 0.5) is 0 Å². The van der Waals surface area contributed by atoms with Gasteiger partial charge in [0, 0.05) is 11.0 Å². The summed E-state index contributed by atoms with van der Waals surface area (Å²) in [5, 5.41) is 2.79. The SMILES string of the molecule is CCC(N)c1nc(C(=O)NCc2ccc(Br)cc2)co1. The fraction of sp³-hybridized carbons (Fsp3) is 0.286. The van der Waals surface area contributed by atoms with Crippen LogP contribution in [-0.4, -0.2) is 10.9 Å². The number of nitrogens with zero attached hydrogens (tertiary/aromatic N) is 1. The Labute approximate surface area is 125 Å². The molecule has 0 saturated heterocycles. The summed E-state index contributed by atoms with van der Waals surface area (Å²) >= 11 is 3.36. The molecule has 0 aliphatic rings. The van der Waals surface area contributed by atoms with Crippen LogP contribution in [0.5, 0.6) is 0 Å². The molecule has 1 unspecified atom stereocenters. The molecule has 6 heteroatoms. The third kappa shape index (κ3) is 3.68. The van der Waals surface area contributed by atoms with Crippen LogP contribution in [0.25, 0.3) is 0 Å². The van der Waals surface area contributed by atoms with Crippen LogP contribution in [-0.2, 0) is 6.54 Å². The van der Waals surface area contributed by atoms with Gasteiger partial charge in [-0.3, -0.25) is 4.79 Å². The number of carbonyl (C=O) groups excluding carboxylic acids is 1. The lowest BCUT2D eigenvalue weighted by atomic mass is 10.2. The molecule has 0 radical (unpaired) electrons. The van der Waals surface area contributed by atoms with E-state index in [1.54, 1.807) is 0 Å². The van der Waals surface area contributed by atoms with Crippen LogP contribution in [0.15, 0.2) is 39.4 Å². The number of amides is 1. The number of nitrogens with two attached hydrogens (primary N) is 1. The Hall–Kier alpha value is -1.66. The molecule has 1 aromatic carbocycles. The largest absolute Gasteiger partial charge is 0.446 e. The third-order valence-corrected chi connectivity index (χ3v) is 3.41. The smallest absolute Gasteiger partial charge is 0.273 e. The van der Waals surface area contributed by atoms with Gasteiger partial charge in [0.05, 0.1) is 6.04 Å². The first-order valence-corrected chi connectivity index (χ1v) is 7.13. The van der Waals surface area contributed by atoms with Crippen molar-refractivity contribution >= 4 is 21.8 Å². The Morgan fingerprint density at radius 1 is 1.45 bits per heavy atom. The van der Waals surface area contributed by atoms with E-state index in [4.69, 9.17) is 10.2 Å². The summed E-state index contributed by atoms with van der Waals surface area (Å²) in [6.45, 7) is 2.37. The topological polar surface area (TPSA) is 81.1 Å². The lowest BCUT2D eigenvalue weighted by Gasteiger charge is -2.03. The number of oxazole rings is 1. The predicted molar refractivity (Wildman–Crippen MR) is 79.0 cm³/mol. The standard InChI is InChI=1S/C14H16BrN3O2/c1-2-11(16)14-18-12(8-20-14)13(19)17-7-9-3-5-10(15)6-4-9/h3-6,8,11H,2,7,16H2,1H3,(H,17,19). The maximum Gasteiger partial charge on any atom is 0.273 e. The number of nitrogens with one attached hydrogen (secondary N) is 1. The van der Waals surface area contributed by atoms with Gasteiger partial charge in [-0.1, -0.05) is 35.0 Å². The Morgan fingerprint density at radius 2 is 2.15 bits per heavy atom. The van der Waals surface area contributed by atoms with E-state index in [0.29, 0.717) is 18.9 Å². The molecule has 20 heavy (non-hydrogen) atoms. The molecule has 1 heterocycles. The van der Waals surface area contributed by atoms with Crippen LogP contribution in [0.3, 0.4) is 0 Å². The van der Waals surface area contributed by atoms with Crippen molar-refractivity contribution in [2.75, 3.05) is 0 Å². The zero-order chi connectivity index (χ0) is 14.5. The van der Waals surface area contributed by atoms with Crippen molar-refractivity contribution in [3.8, 4) is 0 Å². The minimum absolute atomic E-state index is 0.251. The van der Waals surface area contributed by atoms with Gasteiger partial charge in [-0.05, 0) is 24.1 Å². The van der Waals surface area contributed by atoms with Crippen molar-refractivity contribution in [2.45, 2.75) is 25.9 Å². The van der Waals surface area contributed by atoms with Crippen molar-refractivity contribution < 1.29 is 9.21 Å². The average molecular weight is 338 g/mol. The van der Waals surface area contributed by atoms with Crippen molar-refractivity contribution in [2.24, 2.45) is 5.73 Å². The second kappa shape index (κ2) is 6.67. The number of hydrogen-bond acceptors (Lipinski definition) is 4. The predicted octanol–water partition coefficient (Wildman–Crippen LogP) is 2.78. The molecule has 5 nitrogen and oxygen atoms in total. The van der Waals surface area contributed by atoms with Gasteiger partial charge in [-0.2, -0.15) is 0 Å². The highest BCUT2D eigenvalue weighted by Gasteiger charge is 2.15. The normalized spacial score (nSPS) is 12.2. The van der Waals surface area contributed by atoms with Crippen LogP contribution < -0.4 is 11.1 Å². The fourth-order valence-electron chi connectivity index (χ4n) is 1.61. The Bertz CT molecular complexity index is 580. The summed E-state index contributed by atoms with van der Waals surface area (Å²) in [7, 11) is 0. The van der Waals surface area contributed by atoms with E-state index in [-0.39, 0.29) is 17.6 Å². The average Bonchev–Trinajstić information content (AvgIpc) is 2.95. The maximum absolute atomic E-state index is 11.9. The molecule has 0 aliphatic carbocycles. The van der Waals surface area contributed by atoms with Crippen molar-refractivity contribution in [1.29, 1.82) is 0 Å². The van der Waals surface area contributed by atoms with E-state index in [2.05, 4.69) is 26.2 Å². The van der Waals surface area contributed by atoms with Gasteiger partial charge in [-0.25, -0.2) is 4.98 Å². The number of carbonyl (C=O) groups is 1. The number of rotatable bonds is 5. The third-order valence-electron chi connectivity index (χ3n) is 2.88. The van der Waals surface area contributed by atoms with Gasteiger partial charge in [0.2, 0.25) is 5.89 Å². The van der Waals surface area contributed by atoms with Crippen molar-refractivity contribution in [3.05, 3.63) is 52.1 Å². The highest BCUT2D eigenvalue weighted by molar-refractivity contribution is 9.10. The van der Waals surface area contributed by atoms with E-state index in [9.17, 15) is 4.79 Å². The Balaban J connectivity index is 1.94. The summed E-state index contributed by atoms with van der Waals surface area (Å²) in [5.41, 5.74) is 7.06. The molecule has 106 valence electrons. The van der Waals surface area contributed by atoms with Gasteiger partial charge in [0.15, 0.2) is 5.69 Å². The quantitative estimate of drug-likeness (QED) is 0.878. The number of aromatic nitrogens is 1. The molecule has 2 rings (SSSR count). The van der Waals surface area contributed by atoms with Gasteiger partial charge < -0.3 is 15.5 Å². The molecule has 1 aromatic heterocycles. The summed E-state index contributed by atoms with van der Waals surface area (Å²) in [5.74, 6) is 0.118. The van der Waals surface area contributed by atoms with E-state index < -0.39 is 0 Å². The molecule has 0 aliphatic heterocycles. The zero-order valence-electron chi connectivity index (χ0n) is 11.1. The molecule has 0 bridgehead atoms. The first-order chi connectivity index (χ1) is 9.60. The van der Waals surface area contributed by atoms with Gasteiger partial charge >= 0.3 is 0 Å². The molecule has 0 saturated carbocycles. The molecule has 1 amide bonds. The van der Waals surface area contributed by atoms with E-state index in [1.807, 2.05) is 31.2 Å². The Kier molecular flexibility index (Phi) is 4.92. The summed E-state index contributed by atoms with van der Waals surface area (Å²) < 4.78 is 6.21. The van der Waals surface area contributed by atoms with Gasteiger partial charge in [-0.15, -0.1) is 0 Å². The van der Waals surface area contributed by atoms with Gasteiger partial charge in [0.1, 0.15) is 6.26 Å². The number of halogens is 1. The molecule has 0 fully saturated rings. The highest BCUT2D eigenvalue weighted by Crippen LogP contribution is 2.13. The maximum atomic E-state index is 11.9. The van der Waals surface area contributed by atoms with Crippen LogP contribution in [0.1, 0.15) is 41.3 Å². The monoisotopic (exact) mass is 337 g/mol. The van der Waals surface area contributed by atoms with E-state index in [1.165, 1.54) is 6.26 Å². The summed E-state index contributed by atoms with van der Waals surface area (Å²) in [6.07, 6.45) is 2.04. The van der Waals surface area contributed by atoms with Gasteiger partial charge in [0.25, 0.3) is 5.91 Å². The van der Waals surface area contributed by atoms with Crippen LogP contribution in [0, 0.1) is 0 Å². The molecule has 1 atom stereocenters. The van der Waals surface area contributed by atoms with Crippen molar-refractivity contribution in [3.63, 3.8) is 0 Å². The molecule has 3 N–H and O–H groups in total. The van der Waals surface area contributed by atoms with Crippen LogP contribution >= 0.6 is 15.9 Å². The number of hydrogen-bond donors (Lipinski definition) is 2. The van der Waals surface area contributed by atoms with E-state index >= 15 is 0 Å². The zero-order valence-corrected chi connectivity index (χ0v) is 12.7. The first kappa shape index (κ1) is 14.7. The highest BCUT2D eigenvalue weighted by atomic mass is 79.9. The second-order valence-corrected chi connectivity index (χ2v) is 5.31. The lowest BCUT2D eigenvalue weighted by molar-refractivity contribution is 0.0946. The Morgan fingerprint density at radius 3 is 2.80 bits per heavy atom. The summed E-state index contributed by atoms with van der Waals surface area (Å²) in [4.78, 5) is 16.0. The van der Waals surface area contributed by atoms with Crippen molar-refractivity contribution in [1.82, 2.24) is 10.3 Å². The molecule has 2 aromatic rings. The fourth-order valence-corrected chi connectivity index (χ4v) is 1.88. The first-order valence-electron chi connectivity index (χ1n) is 6.33. The molecular weight excluding hydrogens is 322 g/mol. The second-order valence-electron chi connectivity index (χ2n) is 4.39. The molecule has 0 spiro atoms. The van der Waals surface area contributed by atoms with E-state index in [0.717, 1.165) is 10.0 Å². The van der Waals surface area contributed by atoms with Crippen LogP contribution in [0.2, 0.25) is 0 Å².